The third-order valence-corrected chi connectivity index (χ3v) is 5.93. The van der Waals surface area contributed by atoms with Gasteiger partial charge in [-0.05, 0) is 47.3 Å². The Hall–Kier alpha value is -4.06. The molecule has 1 fully saturated rings. The molecule has 5 rings (SSSR count). The number of rotatable bonds is 5. The first-order chi connectivity index (χ1) is 15.7. The van der Waals surface area contributed by atoms with E-state index in [0.717, 1.165) is 22.0 Å². The van der Waals surface area contributed by atoms with Gasteiger partial charge < -0.3 is 10.2 Å². The molecule has 2 aromatic carbocycles. The van der Waals surface area contributed by atoms with Crippen LogP contribution in [0.1, 0.15) is 28.4 Å². The Morgan fingerprint density at radius 2 is 1.78 bits per heavy atom. The van der Waals surface area contributed by atoms with E-state index in [1.54, 1.807) is 30.7 Å². The Kier molecular flexibility index (Phi) is 5.34. The van der Waals surface area contributed by atoms with Crippen molar-refractivity contribution in [1.29, 1.82) is 0 Å². The number of hydrogen-bond acceptors (Lipinski definition) is 4. The lowest BCUT2D eigenvalue weighted by Crippen LogP contribution is -2.35. The van der Waals surface area contributed by atoms with Crippen LogP contribution in [0.2, 0.25) is 0 Å². The number of carbonyl (C=O) groups is 2. The normalized spacial score (nSPS) is 16.8. The molecule has 6 nitrogen and oxygen atoms in total. The Labute approximate surface area is 185 Å². The van der Waals surface area contributed by atoms with Crippen LogP contribution in [0.4, 0.5) is 5.69 Å². The minimum Gasteiger partial charge on any atom is -0.345 e. The fraction of sp³-hybridized carbons (Fsp3) is 0.154. The Morgan fingerprint density at radius 1 is 0.938 bits per heavy atom. The maximum absolute atomic E-state index is 13.0. The summed E-state index contributed by atoms with van der Waals surface area (Å²) < 4.78 is 0. The molecule has 2 atom stereocenters. The van der Waals surface area contributed by atoms with Crippen LogP contribution in [0.5, 0.6) is 0 Å². The standard InChI is InChI=1S/C26H22N4O2/c31-24-14-22(17-30(24)23-9-8-20-15-28-12-10-19(20)13-23)25(21-7-4-11-27-16-21)29-26(32)18-5-2-1-3-6-18/h1-13,15-16,22,25H,14,17H2,(H,29,32). The summed E-state index contributed by atoms with van der Waals surface area (Å²) in [6, 6.07) is 20.5. The van der Waals surface area contributed by atoms with Gasteiger partial charge in [-0.25, -0.2) is 0 Å². The molecule has 0 aliphatic carbocycles. The van der Waals surface area contributed by atoms with E-state index in [1.165, 1.54) is 0 Å². The van der Waals surface area contributed by atoms with Gasteiger partial charge in [0, 0.05) is 60.3 Å². The molecule has 3 heterocycles. The third-order valence-electron chi connectivity index (χ3n) is 5.93. The summed E-state index contributed by atoms with van der Waals surface area (Å²) in [5.74, 6) is -0.192. The quantitative estimate of drug-likeness (QED) is 0.524. The first kappa shape index (κ1) is 19.9. The van der Waals surface area contributed by atoms with Crippen molar-refractivity contribution in [3.63, 3.8) is 0 Å². The fourth-order valence-electron chi connectivity index (χ4n) is 4.29. The van der Waals surface area contributed by atoms with Crippen LogP contribution in [-0.2, 0) is 4.79 Å². The van der Waals surface area contributed by atoms with Gasteiger partial charge in [0.2, 0.25) is 5.91 Å². The number of aromatic nitrogens is 2. The first-order valence-corrected chi connectivity index (χ1v) is 10.6. The Balaban J connectivity index is 1.43. The second kappa shape index (κ2) is 8.59. The SMILES string of the molecule is O=C(NC(c1cccnc1)C1CC(=O)N(c2ccc3cnccc3c2)C1)c1ccccc1. The number of hydrogen-bond donors (Lipinski definition) is 1. The van der Waals surface area contributed by atoms with Crippen LogP contribution in [0, 0.1) is 5.92 Å². The number of nitrogens with one attached hydrogen (secondary N) is 1. The maximum atomic E-state index is 13.0. The molecule has 0 bridgehead atoms. The van der Waals surface area contributed by atoms with E-state index in [0.29, 0.717) is 18.5 Å². The zero-order valence-electron chi connectivity index (χ0n) is 17.4. The summed E-state index contributed by atoms with van der Waals surface area (Å²) in [7, 11) is 0. The van der Waals surface area contributed by atoms with E-state index in [1.807, 2.05) is 65.7 Å². The lowest BCUT2D eigenvalue weighted by Gasteiger charge is -2.25. The number of benzene rings is 2. The highest BCUT2D eigenvalue weighted by atomic mass is 16.2. The van der Waals surface area contributed by atoms with Crippen molar-refractivity contribution in [2.45, 2.75) is 12.5 Å². The molecule has 32 heavy (non-hydrogen) atoms. The van der Waals surface area contributed by atoms with E-state index < -0.39 is 0 Å². The predicted octanol–water partition coefficient (Wildman–Crippen LogP) is 4.15. The van der Waals surface area contributed by atoms with Crippen LogP contribution >= 0.6 is 0 Å². The van der Waals surface area contributed by atoms with Crippen LogP contribution < -0.4 is 10.2 Å². The summed E-state index contributed by atoms with van der Waals surface area (Å²) in [4.78, 5) is 36.1. The van der Waals surface area contributed by atoms with E-state index in [9.17, 15) is 9.59 Å². The van der Waals surface area contributed by atoms with Gasteiger partial charge in [-0.1, -0.05) is 30.3 Å². The first-order valence-electron chi connectivity index (χ1n) is 10.6. The van der Waals surface area contributed by atoms with Crippen LogP contribution in [0.15, 0.2) is 91.5 Å². The molecule has 2 amide bonds. The van der Waals surface area contributed by atoms with Gasteiger partial charge >= 0.3 is 0 Å². The molecular weight excluding hydrogens is 400 g/mol. The highest BCUT2D eigenvalue weighted by molar-refractivity contribution is 5.98. The zero-order chi connectivity index (χ0) is 21.9. The van der Waals surface area contributed by atoms with Crippen molar-refractivity contribution in [2.75, 3.05) is 11.4 Å². The van der Waals surface area contributed by atoms with Crippen LogP contribution in [0.3, 0.4) is 0 Å². The van der Waals surface area contributed by atoms with Crippen LogP contribution in [0.25, 0.3) is 10.8 Å². The largest absolute Gasteiger partial charge is 0.345 e. The fourth-order valence-corrected chi connectivity index (χ4v) is 4.29. The highest BCUT2D eigenvalue weighted by Crippen LogP contribution is 2.34. The minimum atomic E-state index is -0.324. The average molecular weight is 422 g/mol. The van der Waals surface area contributed by atoms with Gasteiger partial charge in [-0.3, -0.25) is 19.6 Å². The lowest BCUT2D eigenvalue weighted by molar-refractivity contribution is -0.117. The smallest absolute Gasteiger partial charge is 0.251 e. The molecule has 1 aliphatic rings. The van der Waals surface area contributed by atoms with Gasteiger partial charge in [-0.2, -0.15) is 0 Å². The molecule has 0 spiro atoms. The molecule has 1 N–H and O–H groups in total. The number of fused-ring (bicyclic) bond motifs is 1. The molecule has 0 radical (unpaired) electrons. The van der Waals surface area contributed by atoms with Gasteiger partial charge in [0.15, 0.2) is 0 Å². The van der Waals surface area contributed by atoms with Crippen LogP contribution in [-0.4, -0.2) is 28.3 Å². The molecule has 2 unspecified atom stereocenters. The summed E-state index contributed by atoms with van der Waals surface area (Å²) in [5, 5.41) is 5.22. The number of anilines is 1. The predicted molar refractivity (Wildman–Crippen MR) is 123 cm³/mol. The lowest BCUT2D eigenvalue weighted by atomic mass is 9.92. The van der Waals surface area contributed by atoms with E-state index in [2.05, 4.69) is 15.3 Å². The summed E-state index contributed by atoms with van der Waals surface area (Å²) >= 11 is 0. The van der Waals surface area contributed by atoms with Gasteiger partial charge in [0.1, 0.15) is 0 Å². The van der Waals surface area contributed by atoms with Crippen molar-refractivity contribution in [1.82, 2.24) is 15.3 Å². The highest BCUT2D eigenvalue weighted by Gasteiger charge is 2.37. The molecule has 1 aliphatic heterocycles. The molecule has 0 saturated carbocycles. The molecular formula is C26H22N4O2. The van der Waals surface area contributed by atoms with E-state index in [-0.39, 0.29) is 23.8 Å². The van der Waals surface area contributed by atoms with Gasteiger partial charge in [0.25, 0.3) is 5.91 Å². The topological polar surface area (TPSA) is 75.2 Å². The summed E-state index contributed by atoms with van der Waals surface area (Å²) in [6.45, 7) is 0.518. The van der Waals surface area contributed by atoms with E-state index in [4.69, 9.17) is 0 Å². The number of carbonyl (C=O) groups excluding carboxylic acids is 2. The third kappa shape index (κ3) is 3.95. The number of nitrogens with zero attached hydrogens (tertiary/aromatic N) is 3. The zero-order valence-corrected chi connectivity index (χ0v) is 17.4. The Morgan fingerprint density at radius 3 is 2.59 bits per heavy atom. The van der Waals surface area contributed by atoms with Crippen molar-refractivity contribution in [3.05, 3.63) is 103 Å². The Bertz CT molecular complexity index is 1260. The van der Waals surface area contributed by atoms with Crippen molar-refractivity contribution in [3.8, 4) is 0 Å². The van der Waals surface area contributed by atoms with E-state index >= 15 is 0 Å². The maximum Gasteiger partial charge on any atom is 0.251 e. The average Bonchev–Trinajstić information content (AvgIpc) is 3.24. The summed E-state index contributed by atoms with van der Waals surface area (Å²) in [6.07, 6.45) is 7.37. The summed E-state index contributed by atoms with van der Waals surface area (Å²) in [5.41, 5.74) is 2.34. The number of pyridine rings is 2. The second-order valence-electron chi connectivity index (χ2n) is 7.98. The van der Waals surface area contributed by atoms with Gasteiger partial charge in [0.05, 0.1) is 6.04 Å². The number of amides is 2. The molecule has 4 aromatic rings. The monoisotopic (exact) mass is 422 g/mol. The van der Waals surface area contributed by atoms with Crippen molar-refractivity contribution >= 4 is 28.3 Å². The van der Waals surface area contributed by atoms with Gasteiger partial charge in [-0.15, -0.1) is 0 Å². The minimum absolute atomic E-state index is 0.0475. The van der Waals surface area contributed by atoms with Crippen molar-refractivity contribution < 1.29 is 9.59 Å². The molecule has 158 valence electrons. The molecule has 6 heteroatoms. The molecule has 2 aromatic heterocycles. The molecule has 1 saturated heterocycles. The van der Waals surface area contributed by atoms with Crippen molar-refractivity contribution in [2.24, 2.45) is 5.92 Å². The second-order valence-corrected chi connectivity index (χ2v) is 7.98.